The van der Waals surface area contributed by atoms with Gasteiger partial charge in [0.25, 0.3) is 5.89 Å². The first kappa shape index (κ1) is 23.2. The number of rotatable bonds is 8. The van der Waals surface area contributed by atoms with Crippen LogP contribution in [0.25, 0.3) is 11.4 Å². The average Bonchev–Trinajstić information content (AvgIpc) is 3.24. The maximum Gasteiger partial charge on any atom is 0.276 e. The third kappa shape index (κ3) is 5.63. The van der Waals surface area contributed by atoms with E-state index in [0.717, 1.165) is 6.26 Å². The lowest BCUT2D eigenvalue weighted by molar-refractivity contribution is 0.238. The normalized spacial score (nSPS) is 12.6. The van der Waals surface area contributed by atoms with Gasteiger partial charge < -0.3 is 15.0 Å². The van der Waals surface area contributed by atoms with Gasteiger partial charge in [-0.1, -0.05) is 47.6 Å². The number of aliphatic imine (C=N–C) groups is 1. The number of para-hydroxylation sites is 1. The first-order valence-corrected chi connectivity index (χ1v) is 11.7. The molecule has 32 heavy (non-hydrogen) atoms. The van der Waals surface area contributed by atoms with Crippen LogP contribution in [0, 0.1) is 0 Å². The molecule has 1 aromatic heterocycles. The van der Waals surface area contributed by atoms with Gasteiger partial charge in [0, 0.05) is 11.8 Å². The molecule has 0 fully saturated rings. The van der Waals surface area contributed by atoms with Crippen LogP contribution in [0.15, 0.2) is 87.1 Å². The summed E-state index contributed by atoms with van der Waals surface area (Å²) in [7, 11) is -3.39. The summed E-state index contributed by atoms with van der Waals surface area (Å²) in [6.07, 6.45) is 2.62. The molecule has 1 heterocycles. The van der Waals surface area contributed by atoms with Gasteiger partial charge in [0.15, 0.2) is 9.84 Å². The van der Waals surface area contributed by atoms with Crippen LogP contribution in [0.5, 0.6) is 0 Å². The van der Waals surface area contributed by atoms with Crippen LogP contribution in [0.3, 0.4) is 0 Å². The lowest BCUT2D eigenvalue weighted by atomic mass is 10.2. The molecule has 0 radical (unpaired) electrons. The van der Waals surface area contributed by atoms with E-state index in [-0.39, 0.29) is 33.8 Å². The number of halogens is 1. The van der Waals surface area contributed by atoms with E-state index in [0.29, 0.717) is 22.9 Å². The lowest BCUT2D eigenvalue weighted by Gasteiger charge is -2.07. The number of hydrogen-bond donors (Lipinski definition) is 1. The van der Waals surface area contributed by atoms with Crippen LogP contribution in [0.1, 0.15) is 12.8 Å². The van der Waals surface area contributed by atoms with Gasteiger partial charge in [0.1, 0.15) is 11.5 Å². The van der Waals surface area contributed by atoms with Crippen LogP contribution < -0.4 is 5.73 Å². The number of hydrogen-bond acceptors (Lipinski definition) is 8. The van der Waals surface area contributed by atoms with Crippen molar-refractivity contribution < 1.29 is 17.7 Å². The van der Waals surface area contributed by atoms with E-state index in [1.54, 1.807) is 36.4 Å². The van der Waals surface area contributed by atoms with Crippen molar-refractivity contribution >= 4 is 32.8 Å². The minimum Gasteiger partial charge on any atom is -0.492 e. The molecule has 0 spiro atoms. The van der Waals surface area contributed by atoms with Crippen molar-refractivity contribution in [2.24, 2.45) is 10.7 Å². The van der Waals surface area contributed by atoms with E-state index < -0.39 is 9.84 Å². The Labute approximate surface area is 191 Å². The highest BCUT2D eigenvalue weighted by molar-refractivity contribution is 7.90. The zero-order chi connectivity index (χ0) is 23.3. The quantitative estimate of drug-likeness (QED) is 0.294. The van der Waals surface area contributed by atoms with E-state index >= 15 is 0 Å². The molecule has 0 aliphatic carbocycles. The van der Waals surface area contributed by atoms with Gasteiger partial charge >= 0.3 is 0 Å². The molecule has 0 unspecified atom stereocenters. The summed E-state index contributed by atoms with van der Waals surface area (Å²) < 4.78 is 34.5. The Morgan fingerprint density at radius 1 is 1.28 bits per heavy atom. The summed E-state index contributed by atoms with van der Waals surface area (Å²) in [6, 6.07) is 13.2. The predicted molar refractivity (Wildman–Crippen MR) is 124 cm³/mol. The molecule has 10 heteroatoms. The molecule has 0 saturated carbocycles. The van der Waals surface area contributed by atoms with Crippen molar-refractivity contribution in [1.82, 2.24) is 10.1 Å². The van der Waals surface area contributed by atoms with Crippen molar-refractivity contribution in [2.75, 3.05) is 12.9 Å². The molecule has 0 bridgehead atoms. The standard InChI is InChI=1S/C22H21ClN4O4S/c1-4-30-14(2)18(24)13-20(25-19-11-6-5-10-17(19)23)22-26-21(27-31-22)15-8-7-9-16(12-15)32(3,28)29/h5-13H,2,4,24H2,1,3H3. The number of allylic oxidation sites excluding steroid dienone is 1. The maximum absolute atomic E-state index is 11.9. The monoisotopic (exact) mass is 472 g/mol. The van der Waals surface area contributed by atoms with Gasteiger partial charge in [-0.3, -0.25) is 0 Å². The fourth-order valence-corrected chi connectivity index (χ4v) is 3.45. The predicted octanol–water partition coefficient (Wildman–Crippen LogP) is 4.31. The van der Waals surface area contributed by atoms with Crippen molar-refractivity contribution in [3.05, 3.63) is 83.6 Å². The van der Waals surface area contributed by atoms with Crippen molar-refractivity contribution in [2.45, 2.75) is 11.8 Å². The highest BCUT2D eigenvalue weighted by Crippen LogP contribution is 2.26. The van der Waals surface area contributed by atoms with Crippen LogP contribution in [-0.4, -0.2) is 37.1 Å². The molecule has 2 aromatic carbocycles. The zero-order valence-corrected chi connectivity index (χ0v) is 19.0. The molecule has 166 valence electrons. The number of aromatic nitrogens is 2. The van der Waals surface area contributed by atoms with E-state index in [9.17, 15) is 8.42 Å². The molecule has 0 atom stereocenters. The summed E-state index contributed by atoms with van der Waals surface area (Å²) in [5.41, 5.74) is 7.47. The lowest BCUT2D eigenvalue weighted by Crippen LogP contribution is -2.08. The van der Waals surface area contributed by atoms with Crippen LogP contribution >= 0.6 is 11.6 Å². The second-order valence-corrected chi connectivity index (χ2v) is 9.05. The zero-order valence-electron chi connectivity index (χ0n) is 17.4. The van der Waals surface area contributed by atoms with E-state index in [4.69, 9.17) is 26.6 Å². The third-order valence-corrected chi connectivity index (χ3v) is 5.62. The Kier molecular flexibility index (Phi) is 7.12. The number of nitrogens with zero attached hydrogens (tertiary/aromatic N) is 3. The fraction of sp³-hybridized carbons (Fsp3) is 0.136. The number of nitrogens with two attached hydrogens (primary N) is 1. The highest BCUT2D eigenvalue weighted by atomic mass is 35.5. The van der Waals surface area contributed by atoms with E-state index in [1.165, 1.54) is 18.2 Å². The molecule has 2 N–H and O–H groups in total. The fourth-order valence-electron chi connectivity index (χ4n) is 2.61. The largest absolute Gasteiger partial charge is 0.492 e. The molecule has 0 saturated heterocycles. The van der Waals surface area contributed by atoms with Crippen LogP contribution in [-0.2, 0) is 14.6 Å². The molecule has 3 aromatic rings. The van der Waals surface area contributed by atoms with E-state index in [2.05, 4.69) is 21.7 Å². The molecular weight excluding hydrogens is 452 g/mol. The molecular formula is C22H21ClN4O4S. The van der Waals surface area contributed by atoms with Gasteiger partial charge in [-0.05, 0) is 37.3 Å². The van der Waals surface area contributed by atoms with Gasteiger partial charge in [-0.25, -0.2) is 13.4 Å². The van der Waals surface area contributed by atoms with Gasteiger partial charge in [-0.15, -0.1) is 0 Å². The third-order valence-electron chi connectivity index (χ3n) is 4.19. The summed E-state index contributed by atoms with van der Waals surface area (Å²) in [5.74, 6) is 0.504. The Bertz CT molecular complexity index is 1310. The first-order chi connectivity index (χ1) is 15.2. The minimum absolute atomic E-state index is 0.0527. The molecule has 0 aliphatic rings. The van der Waals surface area contributed by atoms with Crippen molar-refractivity contribution in [3.63, 3.8) is 0 Å². The smallest absolute Gasteiger partial charge is 0.276 e. The Hall–Kier alpha value is -3.43. The SMILES string of the molecule is C=C(OCC)C(N)=CC(=Nc1ccccc1Cl)c1nc(-c2cccc(S(C)(=O)=O)c2)no1. The molecule has 3 rings (SSSR count). The van der Waals surface area contributed by atoms with E-state index in [1.807, 2.05) is 6.92 Å². The first-order valence-electron chi connectivity index (χ1n) is 9.46. The van der Waals surface area contributed by atoms with Crippen LogP contribution in [0.4, 0.5) is 5.69 Å². The topological polar surface area (TPSA) is 121 Å². The average molecular weight is 473 g/mol. The van der Waals surface area contributed by atoms with Crippen LogP contribution in [0.2, 0.25) is 5.02 Å². The number of benzene rings is 2. The van der Waals surface area contributed by atoms with Gasteiger partial charge in [0.2, 0.25) is 5.82 Å². The Morgan fingerprint density at radius 2 is 2.03 bits per heavy atom. The molecule has 8 nitrogen and oxygen atoms in total. The second kappa shape index (κ2) is 9.80. The Balaban J connectivity index is 2.07. The number of ether oxygens (including phenoxy) is 1. The number of sulfone groups is 1. The van der Waals surface area contributed by atoms with Crippen molar-refractivity contribution in [1.29, 1.82) is 0 Å². The summed E-state index contributed by atoms with van der Waals surface area (Å²) in [4.78, 5) is 9.03. The van der Waals surface area contributed by atoms with Crippen molar-refractivity contribution in [3.8, 4) is 11.4 Å². The second-order valence-electron chi connectivity index (χ2n) is 6.63. The summed E-state index contributed by atoms with van der Waals surface area (Å²) in [5, 5.41) is 4.38. The minimum atomic E-state index is -3.39. The molecule has 0 aliphatic heterocycles. The highest BCUT2D eigenvalue weighted by Gasteiger charge is 2.17. The molecule has 0 amide bonds. The summed E-state index contributed by atoms with van der Waals surface area (Å²) in [6.45, 7) is 5.99. The maximum atomic E-state index is 11.9. The van der Waals surface area contributed by atoms with Gasteiger partial charge in [0.05, 0.1) is 27.9 Å². The van der Waals surface area contributed by atoms with Gasteiger partial charge in [-0.2, -0.15) is 4.98 Å². The summed E-state index contributed by atoms with van der Waals surface area (Å²) >= 11 is 6.24. The Morgan fingerprint density at radius 3 is 2.72 bits per heavy atom.